The van der Waals surface area contributed by atoms with E-state index in [1.54, 1.807) is 11.3 Å². The van der Waals surface area contributed by atoms with Crippen molar-refractivity contribution in [1.82, 2.24) is 30.2 Å². The van der Waals surface area contributed by atoms with Gasteiger partial charge in [-0.25, -0.2) is 15.0 Å². The maximum Gasteiger partial charge on any atom is 0.163 e. The van der Waals surface area contributed by atoms with Crippen LogP contribution in [0.25, 0.3) is 32.6 Å². The Balaban J connectivity index is 1.39. The molecule has 3 aromatic heterocycles. The summed E-state index contributed by atoms with van der Waals surface area (Å²) >= 11 is 1.71. The Morgan fingerprint density at radius 3 is 2.76 bits per heavy atom. The second kappa shape index (κ2) is 8.98. The van der Waals surface area contributed by atoms with E-state index in [4.69, 9.17) is 19.7 Å². The predicted molar refractivity (Wildman–Crippen MR) is 133 cm³/mol. The second-order valence-corrected chi connectivity index (χ2v) is 9.88. The van der Waals surface area contributed by atoms with Crippen LogP contribution in [0.15, 0.2) is 30.5 Å². The molecule has 0 spiro atoms. The molecule has 6 rings (SSSR count). The number of morpholine rings is 1. The zero-order valence-corrected chi connectivity index (χ0v) is 19.7. The van der Waals surface area contributed by atoms with Crippen LogP contribution in [-0.2, 0) is 11.3 Å². The van der Waals surface area contributed by atoms with E-state index >= 15 is 0 Å². The van der Waals surface area contributed by atoms with Crippen LogP contribution in [0.3, 0.4) is 0 Å². The Labute approximate surface area is 197 Å². The normalized spacial score (nSPS) is 18.5. The molecular formula is C24H29N7OS. The number of H-pyrrole nitrogens is 1. The average Bonchev–Trinajstić information content (AvgIpc) is 3.51. The molecule has 0 radical (unpaired) electrons. The Hall–Kier alpha value is -2.59. The minimum absolute atomic E-state index is 0.633. The number of fused-ring (bicyclic) bond motifs is 2. The summed E-state index contributed by atoms with van der Waals surface area (Å²) in [4.78, 5) is 24.2. The van der Waals surface area contributed by atoms with E-state index in [2.05, 4.69) is 51.4 Å². The fourth-order valence-electron chi connectivity index (χ4n) is 4.89. The van der Waals surface area contributed by atoms with Crippen molar-refractivity contribution < 1.29 is 4.74 Å². The lowest BCUT2D eigenvalue weighted by molar-refractivity contribution is 0.122. The Bertz CT molecular complexity index is 1250. The predicted octanol–water partition coefficient (Wildman–Crippen LogP) is 3.26. The molecule has 0 saturated carbocycles. The van der Waals surface area contributed by atoms with Crippen LogP contribution >= 0.6 is 11.3 Å². The molecule has 2 fully saturated rings. The first-order valence-electron chi connectivity index (χ1n) is 11.7. The summed E-state index contributed by atoms with van der Waals surface area (Å²) in [5.74, 6) is 1.70. The van der Waals surface area contributed by atoms with Crippen molar-refractivity contribution >= 4 is 38.4 Å². The molecule has 5 heterocycles. The first kappa shape index (κ1) is 21.0. The highest BCUT2D eigenvalue weighted by Crippen LogP contribution is 2.34. The summed E-state index contributed by atoms with van der Waals surface area (Å²) in [6.45, 7) is 6.16. The van der Waals surface area contributed by atoms with Gasteiger partial charge in [0.15, 0.2) is 11.6 Å². The topological polar surface area (TPSA) is 82.2 Å². The van der Waals surface area contributed by atoms with Gasteiger partial charge in [0.05, 0.1) is 19.8 Å². The van der Waals surface area contributed by atoms with Crippen molar-refractivity contribution in [2.75, 3.05) is 51.3 Å². The van der Waals surface area contributed by atoms with Gasteiger partial charge in [0.1, 0.15) is 15.4 Å². The third-order valence-corrected chi connectivity index (χ3v) is 7.72. The molecule has 1 aromatic carbocycles. The summed E-state index contributed by atoms with van der Waals surface area (Å²) in [5, 5.41) is 5.67. The molecule has 9 heteroatoms. The van der Waals surface area contributed by atoms with Gasteiger partial charge in [-0.15, -0.1) is 0 Å². The third kappa shape index (κ3) is 4.10. The molecule has 0 bridgehead atoms. The second-order valence-electron chi connectivity index (χ2n) is 8.82. The largest absolute Gasteiger partial charge is 0.378 e. The fourth-order valence-corrected chi connectivity index (χ4v) is 5.86. The monoisotopic (exact) mass is 463 g/mol. The molecule has 8 nitrogen and oxygen atoms in total. The summed E-state index contributed by atoms with van der Waals surface area (Å²) < 4.78 is 5.60. The van der Waals surface area contributed by atoms with Crippen molar-refractivity contribution in [2.45, 2.75) is 25.4 Å². The van der Waals surface area contributed by atoms with Crippen LogP contribution in [0, 0.1) is 0 Å². The molecule has 2 saturated heterocycles. The van der Waals surface area contributed by atoms with E-state index < -0.39 is 0 Å². The quantitative estimate of drug-likeness (QED) is 0.470. The molecule has 2 aliphatic heterocycles. The van der Waals surface area contributed by atoms with Crippen molar-refractivity contribution in [3.63, 3.8) is 0 Å². The molecule has 0 atom stereocenters. The Morgan fingerprint density at radius 1 is 1.09 bits per heavy atom. The number of nitrogens with zero attached hydrogens (tertiary/aromatic N) is 5. The number of aromatic amines is 1. The van der Waals surface area contributed by atoms with Gasteiger partial charge in [-0.3, -0.25) is 4.90 Å². The number of nitrogens with one attached hydrogen (secondary N) is 2. The van der Waals surface area contributed by atoms with Crippen LogP contribution < -0.4 is 10.2 Å². The first-order chi connectivity index (χ1) is 16.3. The van der Waals surface area contributed by atoms with E-state index in [1.807, 2.05) is 6.20 Å². The lowest BCUT2D eigenvalue weighted by atomic mass is 10.1. The molecule has 0 amide bonds. The number of hydrogen-bond acceptors (Lipinski definition) is 8. The third-order valence-electron chi connectivity index (χ3n) is 6.79. The standard InChI is InChI=1S/C24H29N7OS/c1-25-16-6-9-30(10-7-16)15-20-27-21-23(31-11-13-32-14-12-31)28-22(29-24(21)33-20)18-3-2-4-19-17(18)5-8-26-19/h2-5,8,16,25-26H,6-7,9-15H2,1H3. The zero-order chi connectivity index (χ0) is 22.2. The molecule has 4 aromatic rings. The van der Waals surface area contributed by atoms with Gasteiger partial charge in [0.25, 0.3) is 0 Å². The molecule has 2 N–H and O–H groups in total. The smallest absolute Gasteiger partial charge is 0.163 e. The number of aromatic nitrogens is 4. The van der Waals surface area contributed by atoms with Gasteiger partial charge < -0.3 is 19.9 Å². The lowest BCUT2D eigenvalue weighted by Gasteiger charge is -2.31. The van der Waals surface area contributed by atoms with Gasteiger partial charge in [0, 0.05) is 54.9 Å². The average molecular weight is 464 g/mol. The van der Waals surface area contributed by atoms with E-state index in [9.17, 15) is 0 Å². The lowest BCUT2D eigenvalue weighted by Crippen LogP contribution is -2.40. The molecular weight excluding hydrogens is 434 g/mol. The molecule has 33 heavy (non-hydrogen) atoms. The maximum atomic E-state index is 5.60. The number of anilines is 1. The number of thiazole rings is 1. The number of likely N-dealkylation sites (tertiary alicyclic amines) is 1. The van der Waals surface area contributed by atoms with Crippen molar-refractivity contribution in [1.29, 1.82) is 0 Å². The van der Waals surface area contributed by atoms with Crippen LogP contribution in [0.1, 0.15) is 17.8 Å². The highest BCUT2D eigenvalue weighted by molar-refractivity contribution is 7.18. The summed E-state index contributed by atoms with van der Waals surface area (Å²) in [6, 6.07) is 8.98. The summed E-state index contributed by atoms with van der Waals surface area (Å²) in [7, 11) is 2.06. The molecule has 2 aliphatic rings. The summed E-state index contributed by atoms with van der Waals surface area (Å²) in [5.41, 5.74) is 3.07. The SMILES string of the molecule is CNC1CCN(Cc2nc3c(N4CCOCC4)nc(-c4cccc5[nH]ccc45)nc3s2)CC1. The van der Waals surface area contributed by atoms with Crippen LogP contribution in [0.5, 0.6) is 0 Å². The Kier molecular flexibility index (Phi) is 5.71. The highest BCUT2D eigenvalue weighted by atomic mass is 32.1. The van der Waals surface area contributed by atoms with Crippen LogP contribution in [0.4, 0.5) is 5.82 Å². The van der Waals surface area contributed by atoms with Crippen LogP contribution in [-0.4, -0.2) is 77.3 Å². The van der Waals surface area contributed by atoms with Crippen molar-refractivity contribution in [3.8, 4) is 11.4 Å². The van der Waals surface area contributed by atoms with E-state index in [0.29, 0.717) is 19.3 Å². The van der Waals surface area contributed by atoms with Gasteiger partial charge in [-0.05, 0) is 32.0 Å². The van der Waals surface area contributed by atoms with E-state index in [1.165, 1.54) is 12.8 Å². The van der Waals surface area contributed by atoms with Crippen LogP contribution in [0.2, 0.25) is 0 Å². The van der Waals surface area contributed by atoms with Gasteiger partial charge in [-0.1, -0.05) is 23.5 Å². The van der Waals surface area contributed by atoms with Crippen molar-refractivity contribution in [2.24, 2.45) is 0 Å². The molecule has 0 unspecified atom stereocenters. The van der Waals surface area contributed by atoms with Gasteiger partial charge >= 0.3 is 0 Å². The molecule has 172 valence electrons. The summed E-state index contributed by atoms with van der Waals surface area (Å²) in [6.07, 6.45) is 4.34. The van der Waals surface area contributed by atoms with Gasteiger partial charge in [-0.2, -0.15) is 0 Å². The number of hydrogen-bond donors (Lipinski definition) is 2. The van der Waals surface area contributed by atoms with E-state index in [-0.39, 0.29) is 0 Å². The fraction of sp³-hybridized carbons (Fsp3) is 0.458. The minimum atomic E-state index is 0.633. The highest BCUT2D eigenvalue weighted by Gasteiger charge is 2.23. The number of piperidine rings is 1. The molecule has 0 aliphatic carbocycles. The van der Waals surface area contributed by atoms with Crippen molar-refractivity contribution in [3.05, 3.63) is 35.5 Å². The maximum absolute atomic E-state index is 5.60. The number of rotatable bonds is 5. The Morgan fingerprint density at radius 2 is 1.94 bits per heavy atom. The van der Waals surface area contributed by atoms with Gasteiger partial charge in [0.2, 0.25) is 0 Å². The first-order valence-corrected chi connectivity index (χ1v) is 12.6. The number of ether oxygens (including phenoxy) is 1. The zero-order valence-electron chi connectivity index (χ0n) is 18.9. The minimum Gasteiger partial charge on any atom is -0.378 e. The van der Waals surface area contributed by atoms with E-state index in [0.717, 1.165) is 76.2 Å². The number of benzene rings is 1.